The second-order valence-corrected chi connectivity index (χ2v) is 6.29. The Labute approximate surface area is 134 Å². The van der Waals surface area contributed by atoms with Gasteiger partial charge in [0.2, 0.25) is 0 Å². The van der Waals surface area contributed by atoms with Crippen LogP contribution >= 0.6 is 11.6 Å². The fourth-order valence-electron chi connectivity index (χ4n) is 3.11. The average molecular weight is 320 g/mol. The summed E-state index contributed by atoms with van der Waals surface area (Å²) in [5.41, 5.74) is 1.96. The number of hydrogen-bond donors (Lipinski definition) is 0. The predicted molar refractivity (Wildman–Crippen MR) is 84.4 cm³/mol. The predicted octanol–water partition coefficient (Wildman–Crippen LogP) is 3.49. The maximum Gasteiger partial charge on any atom is 0.257 e. The molecule has 0 spiro atoms. The van der Waals surface area contributed by atoms with Gasteiger partial charge in [-0.15, -0.1) is 0 Å². The summed E-state index contributed by atoms with van der Waals surface area (Å²) in [6.45, 7) is 3.59. The zero-order valence-electron chi connectivity index (χ0n) is 12.3. The standard InChI is InChI=1S/C16H18ClN3O2/c17-13-9-11(3-4-14(13)20-6-1-2-7-20)16-18-15(19-22-16)12-5-8-21-10-12/h3-4,9,12H,1-2,5-8,10H2. The molecule has 2 saturated heterocycles. The molecule has 0 aliphatic carbocycles. The van der Waals surface area contributed by atoms with Crippen LogP contribution < -0.4 is 4.90 Å². The Morgan fingerprint density at radius 3 is 2.82 bits per heavy atom. The van der Waals surface area contributed by atoms with E-state index in [1.807, 2.05) is 18.2 Å². The largest absolute Gasteiger partial charge is 0.381 e. The van der Waals surface area contributed by atoms with Crippen LogP contribution in [0.25, 0.3) is 11.5 Å². The first-order valence-electron chi connectivity index (χ1n) is 7.77. The molecule has 116 valence electrons. The summed E-state index contributed by atoms with van der Waals surface area (Å²) in [7, 11) is 0. The van der Waals surface area contributed by atoms with Crippen LogP contribution in [-0.2, 0) is 4.74 Å². The summed E-state index contributed by atoms with van der Waals surface area (Å²) in [6, 6.07) is 5.96. The van der Waals surface area contributed by atoms with E-state index < -0.39 is 0 Å². The SMILES string of the molecule is Clc1cc(-c2nc(C3CCOC3)no2)ccc1N1CCCC1. The quantitative estimate of drug-likeness (QED) is 0.866. The minimum atomic E-state index is 0.247. The Morgan fingerprint density at radius 2 is 2.09 bits per heavy atom. The molecule has 0 N–H and O–H groups in total. The number of benzene rings is 1. The van der Waals surface area contributed by atoms with E-state index in [0.717, 1.165) is 48.2 Å². The highest BCUT2D eigenvalue weighted by molar-refractivity contribution is 6.33. The van der Waals surface area contributed by atoms with E-state index in [4.69, 9.17) is 20.9 Å². The first kappa shape index (κ1) is 14.0. The molecule has 1 unspecified atom stereocenters. The molecule has 5 nitrogen and oxygen atoms in total. The van der Waals surface area contributed by atoms with Crippen molar-refractivity contribution in [3.8, 4) is 11.5 Å². The first-order chi connectivity index (χ1) is 10.8. The first-order valence-corrected chi connectivity index (χ1v) is 8.15. The van der Waals surface area contributed by atoms with Crippen molar-refractivity contribution in [2.24, 2.45) is 0 Å². The third-order valence-electron chi connectivity index (χ3n) is 4.38. The van der Waals surface area contributed by atoms with Crippen LogP contribution in [0.15, 0.2) is 22.7 Å². The van der Waals surface area contributed by atoms with Gasteiger partial charge in [0.25, 0.3) is 5.89 Å². The number of hydrogen-bond acceptors (Lipinski definition) is 5. The van der Waals surface area contributed by atoms with Gasteiger partial charge in [0.1, 0.15) is 0 Å². The Kier molecular flexibility index (Phi) is 3.76. The summed E-state index contributed by atoms with van der Waals surface area (Å²) in [6.07, 6.45) is 3.41. The molecule has 0 amide bonds. The van der Waals surface area contributed by atoms with E-state index in [1.54, 1.807) is 0 Å². The van der Waals surface area contributed by atoms with Crippen molar-refractivity contribution in [3.63, 3.8) is 0 Å². The molecule has 1 aromatic heterocycles. The molecule has 2 fully saturated rings. The molecule has 2 aromatic rings. The average Bonchev–Trinajstić information content (AvgIpc) is 3.28. The van der Waals surface area contributed by atoms with Crippen LogP contribution in [0.5, 0.6) is 0 Å². The maximum absolute atomic E-state index is 6.44. The van der Waals surface area contributed by atoms with Crippen LogP contribution in [0, 0.1) is 0 Å². The molecule has 0 saturated carbocycles. The van der Waals surface area contributed by atoms with E-state index in [0.29, 0.717) is 12.5 Å². The van der Waals surface area contributed by atoms with Gasteiger partial charge in [-0.2, -0.15) is 4.98 Å². The zero-order valence-corrected chi connectivity index (χ0v) is 13.1. The highest BCUT2D eigenvalue weighted by Crippen LogP contribution is 2.33. The van der Waals surface area contributed by atoms with E-state index in [1.165, 1.54) is 12.8 Å². The van der Waals surface area contributed by atoms with Crippen molar-refractivity contribution in [1.29, 1.82) is 0 Å². The minimum Gasteiger partial charge on any atom is -0.381 e. The van der Waals surface area contributed by atoms with Crippen LogP contribution in [-0.4, -0.2) is 36.4 Å². The van der Waals surface area contributed by atoms with Gasteiger partial charge in [-0.1, -0.05) is 16.8 Å². The molecule has 4 rings (SSSR count). The third-order valence-corrected chi connectivity index (χ3v) is 4.68. The second kappa shape index (κ2) is 5.89. The fourth-order valence-corrected chi connectivity index (χ4v) is 3.41. The second-order valence-electron chi connectivity index (χ2n) is 5.88. The van der Waals surface area contributed by atoms with E-state index in [-0.39, 0.29) is 5.92 Å². The Morgan fingerprint density at radius 1 is 1.23 bits per heavy atom. The summed E-state index contributed by atoms with van der Waals surface area (Å²) in [5.74, 6) is 1.50. The van der Waals surface area contributed by atoms with Gasteiger partial charge in [0, 0.05) is 31.2 Å². The van der Waals surface area contributed by atoms with Crippen LogP contribution in [0.1, 0.15) is 31.0 Å². The van der Waals surface area contributed by atoms with Crippen molar-refractivity contribution < 1.29 is 9.26 Å². The van der Waals surface area contributed by atoms with E-state index >= 15 is 0 Å². The Hall–Kier alpha value is -1.59. The monoisotopic (exact) mass is 319 g/mol. The van der Waals surface area contributed by atoms with Crippen molar-refractivity contribution in [2.75, 3.05) is 31.2 Å². The molecule has 6 heteroatoms. The summed E-state index contributed by atoms with van der Waals surface area (Å²) in [5, 5.41) is 4.82. The van der Waals surface area contributed by atoms with E-state index in [2.05, 4.69) is 15.0 Å². The van der Waals surface area contributed by atoms with Gasteiger partial charge in [0.15, 0.2) is 5.82 Å². The van der Waals surface area contributed by atoms with Crippen LogP contribution in [0.4, 0.5) is 5.69 Å². The van der Waals surface area contributed by atoms with Crippen LogP contribution in [0.3, 0.4) is 0 Å². The molecule has 1 aromatic carbocycles. The molecule has 22 heavy (non-hydrogen) atoms. The zero-order chi connectivity index (χ0) is 14.9. The lowest BCUT2D eigenvalue weighted by atomic mass is 10.1. The molecular formula is C16H18ClN3O2. The molecular weight excluding hydrogens is 302 g/mol. The molecule has 1 atom stereocenters. The van der Waals surface area contributed by atoms with Gasteiger partial charge in [-0.3, -0.25) is 0 Å². The summed E-state index contributed by atoms with van der Waals surface area (Å²) < 4.78 is 10.8. The van der Waals surface area contributed by atoms with Gasteiger partial charge in [-0.25, -0.2) is 0 Å². The summed E-state index contributed by atoms with van der Waals surface area (Å²) >= 11 is 6.44. The summed E-state index contributed by atoms with van der Waals surface area (Å²) in [4.78, 5) is 6.82. The number of ether oxygens (including phenoxy) is 1. The highest BCUT2D eigenvalue weighted by atomic mass is 35.5. The topological polar surface area (TPSA) is 51.4 Å². The van der Waals surface area contributed by atoms with E-state index in [9.17, 15) is 0 Å². The van der Waals surface area contributed by atoms with Crippen molar-refractivity contribution >= 4 is 17.3 Å². The maximum atomic E-state index is 6.44. The molecule has 2 aliphatic rings. The highest BCUT2D eigenvalue weighted by Gasteiger charge is 2.24. The number of rotatable bonds is 3. The minimum absolute atomic E-state index is 0.247. The van der Waals surface area contributed by atoms with Crippen LogP contribution in [0.2, 0.25) is 5.02 Å². The van der Waals surface area contributed by atoms with Gasteiger partial charge in [-0.05, 0) is 37.5 Å². The Bertz CT molecular complexity index is 661. The third kappa shape index (κ3) is 2.59. The molecule has 2 aliphatic heterocycles. The van der Waals surface area contributed by atoms with Gasteiger partial charge >= 0.3 is 0 Å². The van der Waals surface area contributed by atoms with Gasteiger partial charge < -0.3 is 14.2 Å². The number of anilines is 1. The number of aromatic nitrogens is 2. The van der Waals surface area contributed by atoms with Crippen molar-refractivity contribution in [2.45, 2.75) is 25.2 Å². The molecule has 0 radical (unpaired) electrons. The lowest BCUT2D eigenvalue weighted by molar-refractivity contribution is 0.192. The molecule has 0 bridgehead atoms. The fraction of sp³-hybridized carbons (Fsp3) is 0.500. The van der Waals surface area contributed by atoms with Crippen molar-refractivity contribution in [3.05, 3.63) is 29.0 Å². The number of halogens is 1. The lowest BCUT2D eigenvalue weighted by Crippen LogP contribution is -2.17. The smallest absolute Gasteiger partial charge is 0.257 e. The number of nitrogens with zero attached hydrogens (tertiary/aromatic N) is 3. The van der Waals surface area contributed by atoms with Crippen molar-refractivity contribution in [1.82, 2.24) is 10.1 Å². The lowest BCUT2D eigenvalue weighted by Gasteiger charge is -2.19. The van der Waals surface area contributed by atoms with Gasteiger partial charge in [0.05, 0.1) is 17.3 Å². The normalized spacial score (nSPS) is 21.7. The molecule has 3 heterocycles. The Balaban J connectivity index is 1.58.